The Kier molecular flexibility index (Phi) is 4.04. The average Bonchev–Trinajstić information content (AvgIpc) is 2.94. The molecule has 1 aliphatic carbocycles. The zero-order valence-electron chi connectivity index (χ0n) is 12.3. The van der Waals surface area contributed by atoms with Crippen LogP contribution in [0.2, 0.25) is 0 Å². The highest BCUT2D eigenvalue weighted by molar-refractivity contribution is 5.96. The number of hydrogen-bond donors (Lipinski definition) is 0. The number of carbonyl (C=O) groups is 1. The number of nitrogens with zero attached hydrogens (tertiary/aromatic N) is 2. The summed E-state index contributed by atoms with van der Waals surface area (Å²) in [6.07, 6.45) is 9.32. The highest BCUT2D eigenvalue weighted by Gasteiger charge is 2.15. The Morgan fingerprint density at radius 1 is 1.24 bits per heavy atom. The quantitative estimate of drug-likeness (QED) is 0.849. The first kappa shape index (κ1) is 13.9. The van der Waals surface area contributed by atoms with E-state index in [1.165, 1.54) is 19.3 Å². The maximum absolute atomic E-state index is 12.6. The first-order valence-electron chi connectivity index (χ1n) is 7.56. The smallest absolute Gasteiger partial charge is 0.267 e. The predicted molar refractivity (Wildman–Crippen MR) is 80.0 cm³/mol. The minimum Gasteiger partial charge on any atom is -0.469 e. The van der Waals surface area contributed by atoms with Crippen molar-refractivity contribution in [2.75, 3.05) is 0 Å². The summed E-state index contributed by atoms with van der Waals surface area (Å²) in [6.45, 7) is 1.80. The second kappa shape index (κ2) is 6.12. The van der Waals surface area contributed by atoms with Crippen LogP contribution < -0.4 is 5.49 Å². The number of aromatic nitrogens is 1. The molecule has 0 atom stereocenters. The molecular weight excluding hydrogens is 264 g/mol. The molecule has 2 aromatic rings. The zero-order chi connectivity index (χ0) is 14.7. The van der Waals surface area contributed by atoms with Gasteiger partial charge in [0.1, 0.15) is 11.2 Å². The minimum absolute atomic E-state index is 0.0867. The van der Waals surface area contributed by atoms with Gasteiger partial charge in [0.15, 0.2) is 0 Å². The van der Waals surface area contributed by atoms with Gasteiger partial charge >= 0.3 is 0 Å². The van der Waals surface area contributed by atoms with E-state index in [1.807, 2.05) is 18.2 Å². The number of furan rings is 1. The van der Waals surface area contributed by atoms with Crippen LogP contribution in [0.25, 0.3) is 0 Å². The Hall–Kier alpha value is -2.10. The van der Waals surface area contributed by atoms with Gasteiger partial charge in [0.05, 0.1) is 17.9 Å². The van der Waals surface area contributed by atoms with Gasteiger partial charge in [-0.3, -0.25) is 14.4 Å². The molecule has 1 fully saturated rings. The molecule has 0 unspecified atom stereocenters. The molecule has 4 nitrogen and oxygen atoms in total. The van der Waals surface area contributed by atoms with Crippen LogP contribution in [0.15, 0.2) is 46.1 Å². The maximum atomic E-state index is 12.6. The lowest BCUT2D eigenvalue weighted by Gasteiger charge is -2.17. The van der Waals surface area contributed by atoms with Crippen LogP contribution in [0.1, 0.15) is 48.2 Å². The van der Waals surface area contributed by atoms with Crippen molar-refractivity contribution in [3.63, 3.8) is 0 Å². The summed E-state index contributed by atoms with van der Waals surface area (Å²) >= 11 is 0. The van der Waals surface area contributed by atoms with Crippen LogP contribution in [-0.4, -0.2) is 16.5 Å². The summed E-state index contributed by atoms with van der Waals surface area (Å²) in [5, 5.41) is 0. The van der Waals surface area contributed by atoms with Crippen molar-refractivity contribution in [3.8, 4) is 0 Å². The van der Waals surface area contributed by atoms with Crippen LogP contribution in [-0.2, 0) is 0 Å². The van der Waals surface area contributed by atoms with Crippen molar-refractivity contribution in [1.82, 2.24) is 4.57 Å². The number of rotatable bonds is 2. The standard InChI is InChI=1S/C17H20N2O2/c1-13-15(10-12-21-13)17(20)19-11-6-5-9-16(19)18-14-7-3-2-4-8-14/h5-6,9-12,14H,2-4,7-8H2,1H3. The largest absolute Gasteiger partial charge is 0.469 e. The Bertz CT molecular complexity index is 691. The molecule has 110 valence electrons. The van der Waals surface area contributed by atoms with Gasteiger partial charge in [-0.2, -0.15) is 0 Å². The van der Waals surface area contributed by atoms with E-state index in [9.17, 15) is 4.79 Å². The number of pyridine rings is 1. The van der Waals surface area contributed by atoms with E-state index >= 15 is 0 Å². The first-order chi connectivity index (χ1) is 10.3. The van der Waals surface area contributed by atoms with E-state index in [0.717, 1.165) is 18.3 Å². The number of aryl methyl sites for hydroxylation is 1. The molecule has 0 bridgehead atoms. The molecule has 4 heteroatoms. The lowest BCUT2D eigenvalue weighted by molar-refractivity contribution is 0.0953. The van der Waals surface area contributed by atoms with Gasteiger partial charge in [0.2, 0.25) is 0 Å². The topological polar surface area (TPSA) is 47.5 Å². The lowest BCUT2D eigenvalue weighted by Crippen LogP contribution is -2.29. The third kappa shape index (κ3) is 2.99. The number of carbonyl (C=O) groups excluding carboxylic acids is 1. The molecule has 0 spiro atoms. The molecular formula is C17H20N2O2. The normalized spacial score (nSPS) is 17.1. The van der Waals surface area contributed by atoms with E-state index in [0.29, 0.717) is 17.4 Å². The average molecular weight is 284 g/mol. The summed E-state index contributed by atoms with van der Waals surface area (Å²) < 4.78 is 6.85. The van der Waals surface area contributed by atoms with Gasteiger partial charge < -0.3 is 4.42 Å². The predicted octanol–water partition coefficient (Wildman–Crippen LogP) is 3.31. The molecule has 0 aromatic carbocycles. The summed E-state index contributed by atoms with van der Waals surface area (Å²) in [7, 11) is 0. The summed E-state index contributed by atoms with van der Waals surface area (Å²) in [4.78, 5) is 17.4. The minimum atomic E-state index is -0.0867. The fourth-order valence-electron chi connectivity index (χ4n) is 2.84. The van der Waals surface area contributed by atoms with E-state index in [-0.39, 0.29) is 5.91 Å². The SMILES string of the molecule is Cc1occc1C(=O)n1ccccc1=NC1CCCCC1. The van der Waals surface area contributed by atoms with Crippen molar-refractivity contribution in [2.24, 2.45) is 4.99 Å². The van der Waals surface area contributed by atoms with Crippen LogP contribution in [0.5, 0.6) is 0 Å². The molecule has 3 rings (SSSR count). The summed E-state index contributed by atoms with van der Waals surface area (Å²) in [6, 6.07) is 7.73. The highest BCUT2D eigenvalue weighted by Crippen LogP contribution is 2.19. The Morgan fingerprint density at radius 2 is 2.05 bits per heavy atom. The van der Waals surface area contributed by atoms with Gasteiger partial charge in [-0.15, -0.1) is 0 Å². The second-order valence-electron chi connectivity index (χ2n) is 5.55. The van der Waals surface area contributed by atoms with Crippen LogP contribution >= 0.6 is 0 Å². The molecule has 1 saturated carbocycles. The van der Waals surface area contributed by atoms with E-state index in [4.69, 9.17) is 9.41 Å². The Labute approximate surface area is 124 Å². The Morgan fingerprint density at radius 3 is 2.76 bits per heavy atom. The van der Waals surface area contributed by atoms with Crippen LogP contribution in [0, 0.1) is 6.92 Å². The third-order valence-electron chi connectivity index (χ3n) is 4.04. The summed E-state index contributed by atoms with van der Waals surface area (Å²) in [5.74, 6) is 0.552. The van der Waals surface area contributed by atoms with Crippen molar-refractivity contribution < 1.29 is 9.21 Å². The highest BCUT2D eigenvalue weighted by atomic mass is 16.3. The van der Waals surface area contributed by atoms with Crippen LogP contribution in [0.4, 0.5) is 0 Å². The third-order valence-corrected chi connectivity index (χ3v) is 4.04. The van der Waals surface area contributed by atoms with Crippen molar-refractivity contribution in [1.29, 1.82) is 0 Å². The maximum Gasteiger partial charge on any atom is 0.267 e. The molecule has 0 N–H and O–H groups in total. The monoisotopic (exact) mass is 284 g/mol. The lowest BCUT2D eigenvalue weighted by atomic mass is 9.96. The molecule has 21 heavy (non-hydrogen) atoms. The van der Waals surface area contributed by atoms with E-state index < -0.39 is 0 Å². The van der Waals surface area contributed by atoms with Gasteiger partial charge in [-0.25, -0.2) is 0 Å². The van der Waals surface area contributed by atoms with E-state index in [2.05, 4.69) is 0 Å². The van der Waals surface area contributed by atoms with Gasteiger partial charge in [-0.05, 0) is 38.0 Å². The van der Waals surface area contributed by atoms with E-state index in [1.54, 1.807) is 30.0 Å². The molecule has 0 saturated heterocycles. The fraction of sp³-hybridized carbons (Fsp3) is 0.412. The molecule has 2 heterocycles. The molecule has 1 aliphatic rings. The van der Waals surface area contributed by atoms with Crippen molar-refractivity contribution >= 4 is 5.91 Å². The van der Waals surface area contributed by atoms with Gasteiger partial charge in [-0.1, -0.05) is 25.3 Å². The first-order valence-corrected chi connectivity index (χ1v) is 7.56. The Balaban J connectivity index is 1.98. The van der Waals surface area contributed by atoms with Crippen molar-refractivity contribution in [2.45, 2.75) is 45.1 Å². The number of hydrogen-bond acceptors (Lipinski definition) is 3. The van der Waals surface area contributed by atoms with Crippen molar-refractivity contribution in [3.05, 3.63) is 53.5 Å². The fourth-order valence-corrected chi connectivity index (χ4v) is 2.84. The molecule has 0 radical (unpaired) electrons. The molecule has 2 aromatic heterocycles. The van der Waals surface area contributed by atoms with Crippen LogP contribution in [0.3, 0.4) is 0 Å². The molecule has 0 amide bonds. The summed E-state index contributed by atoms with van der Waals surface area (Å²) in [5.41, 5.74) is 1.32. The van der Waals surface area contributed by atoms with Gasteiger partial charge in [0.25, 0.3) is 5.91 Å². The zero-order valence-corrected chi connectivity index (χ0v) is 12.3. The second-order valence-corrected chi connectivity index (χ2v) is 5.55. The molecule has 0 aliphatic heterocycles. The van der Waals surface area contributed by atoms with Gasteiger partial charge in [0, 0.05) is 6.20 Å².